The van der Waals surface area contributed by atoms with Crippen molar-refractivity contribution < 1.29 is 18.7 Å². The molecule has 1 unspecified atom stereocenters. The number of fused-ring (bicyclic) bond motifs is 1. The van der Waals surface area contributed by atoms with Gasteiger partial charge in [0, 0.05) is 18.6 Å². The number of benzene rings is 2. The maximum absolute atomic E-state index is 12.4. The number of carbonyl (C=O) groups excluding carboxylic acids is 1. The third-order valence-corrected chi connectivity index (χ3v) is 4.47. The van der Waals surface area contributed by atoms with Crippen LogP contribution in [0.25, 0.3) is 11.1 Å². The van der Waals surface area contributed by atoms with Crippen molar-refractivity contribution in [2.24, 2.45) is 0 Å². The Morgan fingerprint density at radius 3 is 2.85 bits per heavy atom. The van der Waals surface area contributed by atoms with E-state index in [1.165, 1.54) is 0 Å². The predicted octanol–water partition coefficient (Wildman–Crippen LogP) is 2.95. The lowest BCUT2D eigenvalue weighted by molar-refractivity contribution is 0.0930. The molecule has 1 aromatic heterocycles. The Hall–Kier alpha value is -2.86. The molecule has 26 heavy (non-hydrogen) atoms. The minimum absolute atomic E-state index is 0.0820. The standard InChI is InChI=1S/C20H20N2O4/c1-24-16-5-2-13(3-6-16)10-19-22-17-7-4-14(11-18(17)26-19)20(23)21-15-8-9-25-12-15/h2-7,11,15H,8-10,12H2,1H3,(H,21,23). The molecule has 134 valence electrons. The number of hydrogen-bond donors (Lipinski definition) is 1. The first-order valence-corrected chi connectivity index (χ1v) is 8.62. The smallest absolute Gasteiger partial charge is 0.251 e. The van der Waals surface area contributed by atoms with Crippen molar-refractivity contribution in [1.82, 2.24) is 10.3 Å². The monoisotopic (exact) mass is 352 g/mol. The number of carbonyl (C=O) groups is 1. The lowest BCUT2D eigenvalue weighted by atomic mass is 10.1. The van der Waals surface area contributed by atoms with Crippen LogP contribution in [0.1, 0.15) is 28.2 Å². The van der Waals surface area contributed by atoms with Crippen LogP contribution in [0, 0.1) is 0 Å². The summed E-state index contributed by atoms with van der Waals surface area (Å²) in [5, 5.41) is 2.98. The third kappa shape index (κ3) is 3.55. The molecule has 3 aromatic rings. The van der Waals surface area contributed by atoms with Gasteiger partial charge in [0.25, 0.3) is 5.91 Å². The Morgan fingerprint density at radius 2 is 2.12 bits per heavy atom. The van der Waals surface area contributed by atoms with Crippen molar-refractivity contribution >= 4 is 17.0 Å². The van der Waals surface area contributed by atoms with Gasteiger partial charge < -0.3 is 19.2 Å². The van der Waals surface area contributed by atoms with E-state index in [0.29, 0.717) is 36.7 Å². The van der Waals surface area contributed by atoms with E-state index >= 15 is 0 Å². The van der Waals surface area contributed by atoms with Crippen molar-refractivity contribution in [3.05, 3.63) is 59.5 Å². The van der Waals surface area contributed by atoms with Gasteiger partial charge in [0.15, 0.2) is 11.5 Å². The predicted molar refractivity (Wildman–Crippen MR) is 96.5 cm³/mol. The summed E-state index contributed by atoms with van der Waals surface area (Å²) in [6.07, 6.45) is 1.43. The number of aromatic nitrogens is 1. The molecule has 1 amide bonds. The van der Waals surface area contributed by atoms with E-state index in [1.807, 2.05) is 30.3 Å². The number of ether oxygens (including phenoxy) is 2. The zero-order chi connectivity index (χ0) is 17.9. The van der Waals surface area contributed by atoms with Crippen LogP contribution in [0.2, 0.25) is 0 Å². The number of hydrogen-bond acceptors (Lipinski definition) is 5. The molecule has 4 rings (SSSR count). The largest absolute Gasteiger partial charge is 0.497 e. The van der Waals surface area contributed by atoms with Gasteiger partial charge in [-0.25, -0.2) is 4.98 Å². The molecule has 1 atom stereocenters. The molecule has 1 aliphatic rings. The van der Waals surface area contributed by atoms with Crippen LogP contribution in [0.5, 0.6) is 5.75 Å². The molecule has 2 aromatic carbocycles. The Kier molecular flexibility index (Phi) is 4.58. The van der Waals surface area contributed by atoms with Crippen molar-refractivity contribution in [2.45, 2.75) is 18.9 Å². The highest BCUT2D eigenvalue weighted by Crippen LogP contribution is 2.21. The zero-order valence-corrected chi connectivity index (χ0v) is 14.5. The van der Waals surface area contributed by atoms with E-state index in [-0.39, 0.29) is 11.9 Å². The summed E-state index contributed by atoms with van der Waals surface area (Å²) >= 11 is 0. The van der Waals surface area contributed by atoms with Crippen LogP contribution < -0.4 is 10.1 Å². The Labute approximate surface area is 151 Å². The number of nitrogens with zero attached hydrogens (tertiary/aromatic N) is 1. The van der Waals surface area contributed by atoms with E-state index in [0.717, 1.165) is 23.3 Å². The number of methoxy groups -OCH3 is 1. The van der Waals surface area contributed by atoms with Crippen molar-refractivity contribution in [1.29, 1.82) is 0 Å². The average molecular weight is 352 g/mol. The fourth-order valence-electron chi connectivity index (χ4n) is 3.02. The molecule has 6 nitrogen and oxygen atoms in total. The maximum atomic E-state index is 12.4. The number of nitrogens with one attached hydrogen (secondary N) is 1. The molecule has 1 saturated heterocycles. The minimum atomic E-state index is -0.115. The molecule has 1 fully saturated rings. The van der Waals surface area contributed by atoms with Crippen LogP contribution in [-0.4, -0.2) is 37.3 Å². The fraction of sp³-hybridized carbons (Fsp3) is 0.300. The second-order valence-corrected chi connectivity index (χ2v) is 6.35. The van der Waals surface area contributed by atoms with Gasteiger partial charge in [-0.1, -0.05) is 12.1 Å². The van der Waals surface area contributed by atoms with E-state index in [9.17, 15) is 4.79 Å². The highest BCUT2D eigenvalue weighted by atomic mass is 16.5. The van der Waals surface area contributed by atoms with Gasteiger partial charge >= 0.3 is 0 Å². The molecule has 0 aliphatic carbocycles. The molecule has 2 heterocycles. The SMILES string of the molecule is COc1ccc(Cc2nc3ccc(C(=O)NC4CCOC4)cc3o2)cc1. The molecule has 0 saturated carbocycles. The second kappa shape index (κ2) is 7.17. The van der Waals surface area contributed by atoms with Gasteiger partial charge in [0.2, 0.25) is 0 Å². The second-order valence-electron chi connectivity index (χ2n) is 6.35. The summed E-state index contributed by atoms with van der Waals surface area (Å²) in [6, 6.07) is 13.2. The summed E-state index contributed by atoms with van der Waals surface area (Å²) in [7, 11) is 1.64. The molecular weight excluding hydrogens is 332 g/mol. The van der Waals surface area contributed by atoms with Crippen LogP contribution in [-0.2, 0) is 11.2 Å². The maximum Gasteiger partial charge on any atom is 0.251 e. The average Bonchev–Trinajstić information content (AvgIpc) is 3.30. The van der Waals surface area contributed by atoms with Gasteiger partial charge in [0.1, 0.15) is 11.3 Å². The third-order valence-electron chi connectivity index (χ3n) is 4.47. The molecular formula is C20H20N2O4. The molecule has 6 heteroatoms. The topological polar surface area (TPSA) is 73.6 Å². The highest BCUT2D eigenvalue weighted by Gasteiger charge is 2.19. The zero-order valence-electron chi connectivity index (χ0n) is 14.5. The summed E-state index contributed by atoms with van der Waals surface area (Å²) < 4.78 is 16.3. The number of oxazole rings is 1. The summed E-state index contributed by atoms with van der Waals surface area (Å²) in [5.74, 6) is 1.32. The van der Waals surface area contributed by atoms with E-state index in [4.69, 9.17) is 13.9 Å². The first-order chi connectivity index (χ1) is 12.7. The summed E-state index contributed by atoms with van der Waals surface area (Å²) in [4.78, 5) is 16.9. The quantitative estimate of drug-likeness (QED) is 0.764. The van der Waals surface area contributed by atoms with E-state index < -0.39 is 0 Å². The number of rotatable bonds is 5. The van der Waals surface area contributed by atoms with Gasteiger partial charge in [-0.05, 0) is 42.3 Å². The van der Waals surface area contributed by atoms with Gasteiger partial charge in [-0.3, -0.25) is 4.79 Å². The molecule has 1 aliphatic heterocycles. The van der Waals surface area contributed by atoms with Crippen LogP contribution in [0.4, 0.5) is 0 Å². The Bertz CT molecular complexity index is 911. The number of amides is 1. The van der Waals surface area contributed by atoms with Crippen molar-refractivity contribution in [2.75, 3.05) is 20.3 Å². The first kappa shape index (κ1) is 16.6. The van der Waals surface area contributed by atoms with Gasteiger partial charge in [0.05, 0.1) is 19.8 Å². The van der Waals surface area contributed by atoms with Gasteiger partial charge in [-0.15, -0.1) is 0 Å². The lowest BCUT2D eigenvalue weighted by Crippen LogP contribution is -2.34. The minimum Gasteiger partial charge on any atom is -0.497 e. The Balaban J connectivity index is 1.50. The normalized spacial score (nSPS) is 16.7. The molecule has 0 radical (unpaired) electrons. The highest BCUT2D eigenvalue weighted by molar-refractivity contribution is 5.97. The van der Waals surface area contributed by atoms with Crippen molar-refractivity contribution in [3.8, 4) is 5.75 Å². The van der Waals surface area contributed by atoms with E-state index in [1.54, 1.807) is 19.2 Å². The van der Waals surface area contributed by atoms with Crippen molar-refractivity contribution in [3.63, 3.8) is 0 Å². The van der Waals surface area contributed by atoms with E-state index in [2.05, 4.69) is 10.3 Å². The Morgan fingerprint density at radius 1 is 1.27 bits per heavy atom. The molecule has 1 N–H and O–H groups in total. The summed E-state index contributed by atoms with van der Waals surface area (Å²) in [5.41, 5.74) is 3.01. The van der Waals surface area contributed by atoms with Crippen LogP contribution in [0.15, 0.2) is 46.9 Å². The molecule has 0 spiro atoms. The fourth-order valence-corrected chi connectivity index (χ4v) is 3.02. The van der Waals surface area contributed by atoms with Gasteiger partial charge in [-0.2, -0.15) is 0 Å². The lowest BCUT2D eigenvalue weighted by Gasteiger charge is -2.10. The van der Waals surface area contributed by atoms with Crippen LogP contribution >= 0.6 is 0 Å². The molecule has 0 bridgehead atoms. The van der Waals surface area contributed by atoms with Crippen LogP contribution in [0.3, 0.4) is 0 Å². The first-order valence-electron chi connectivity index (χ1n) is 8.62. The summed E-state index contributed by atoms with van der Waals surface area (Å²) in [6.45, 7) is 1.27.